The van der Waals surface area contributed by atoms with Gasteiger partial charge < -0.3 is 15.2 Å². The summed E-state index contributed by atoms with van der Waals surface area (Å²) in [5, 5.41) is 13.0. The molecule has 3 nitrogen and oxygen atoms in total. The zero-order valence-corrected chi connectivity index (χ0v) is 9.78. The van der Waals surface area contributed by atoms with E-state index in [9.17, 15) is 0 Å². The van der Waals surface area contributed by atoms with Gasteiger partial charge in [-0.15, -0.1) is 0 Å². The number of benzene rings is 1. The summed E-state index contributed by atoms with van der Waals surface area (Å²) >= 11 is 5.82. The normalized spacial score (nSPS) is 25.6. The Bertz CT molecular complexity index is 320. The van der Waals surface area contributed by atoms with E-state index < -0.39 is 0 Å². The second-order valence-electron chi connectivity index (χ2n) is 4.07. The molecular formula is C12H16ClNO2. The topological polar surface area (TPSA) is 41.5 Å². The van der Waals surface area contributed by atoms with Crippen LogP contribution in [0.25, 0.3) is 0 Å². The summed E-state index contributed by atoms with van der Waals surface area (Å²) in [7, 11) is 0. The van der Waals surface area contributed by atoms with Crippen LogP contribution >= 0.6 is 11.6 Å². The fourth-order valence-electron chi connectivity index (χ4n) is 1.82. The Morgan fingerprint density at radius 3 is 2.69 bits per heavy atom. The molecule has 2 rings (SSSR count). The van der Waals surface area contributed by atoms with E-state index in [2.05, 4.69) is 5.32 Å². The maximum Gasteiger partial charge on any atom is 0.0930 e. The lowest BCUT2D eigenvalue weighted by Crippen LogP contribution is -2.48. The first-order chi connectivity index (χ1) is 7.78. The van der Waals surface area contributed by atoms with Crippen LogP contribution in [0, 0.1) is 0 Å². The number of nitrogens with one attached hydrogen (secondary N) is 1. The summed E-state index contributed by atoms with van der Waals surface area (Å²) < 4.78 is 5.50. The van der Waals surface area contributed by atoms with Crippen LogP contribution in [0.3, 0.4) is 0 Å². The van der Waals surface area contributed by atoms with Crippen molar-refractivity contribution in [1.82, 2.24) is 5.32 Å². The summed E-state index contributed by atoms with van der Waals surface area (Å²) in [5.41, 5.74) is 1.24. The zero-order chi connectivity index (χ0) is 11.4. The van der Waals surface area contributed by atoms with Crippen molar-refractivity contribution in [2.75, 3.05) is 19.8 Å². The highest BCUT2D eigenvalue weighted by molar-refractivity contribution is 6.30. The molecule has 1 aliphatic rings. The number of ether oxygens (including phenoxy) is 1. The van der Waals surface area contributed by atoms with Crippen molar-refractivity contribution in [2.24, 2.45) is 0 Å². The van der Waals surface area contributed by atoms with Gasteiger partial charge in [0.2, 0.25) is 0 Å². The van der Waals surface area contributed by atoms with Crippen molar-refractivity contribution in [2.45, 2.75) is 18.6 Å². The molecule has 2 N–H and O–H groups in total. The third-order valence-corrected chi connectivity index (χ3v) is 3.02. The van der Waals surface area contributed by atoms with Gasteiger partial charge in [0.1, 0.15) is 0 Å². The number of rotatable bonds is 3. The Kier molecular flexibility index (Phi) is 4.18. The second kappa shape index (κ2) is 5.64. The first kappa shape index (κ1) is 11.9. The molecule has 0 radical (unpaired) electrons. The van der Waals surface area contributed by atoms with Crippen LogP contribution in [0.5, 0.6) is 0 Å². The van der Waals surface area contributed by atoms with Gasteiger partial charge in [-0.05, 0) is 24.1 Å². The highest BCUT2D eigenvalue weighted by atomic mass is 35.5. The predicted octanol–water partition coefficient (Wildman–Crippen LogP) is 1.23. The van der Waals surface area contributed by atoms with E-state index >= 15 is 0 Å². The molecule has 1 saturated heterocycles. The highest BCUT2D eigenvalue weighted by Crippen LogP contribution is 2.12. The van der Waals surface area contributed by atoms with E-state index in [1.807, 2.05) is 24.3 Å². The van der Waals surface area contributed by atoms with Gasteiger partial charge in [-0.1, -0.05) is 23.7 Å². The third kappa shape index (κ3) is 3.19. The van der Waals surface area contributed by atoms with E-state index in [4.69, 9.17) is 21.4 Å². The molecular weight excluding hydrogens is 226 g/mol. The average molecular weight is 242 g/mol. The van der Waals surface area contributed by atoms with Crippen molar-refractivity contribution >= 4 is 11.6 Å². The summed E-state index contributed by atoms with van der Waals surface area (Å²) in [6.45, 7) is 1.45. The SMILES string of the molecule is OC[C@H]1CN[C@@H](Cc2ccc(Cl)cc2)CO1. The molecule has 0 saturated carbocycles. The second-order valence-corrected chi connectivity index (χ2v) is 4.51. The Balaban J connectivity index is 1.84. The molecule has 0 bridgehead atoms. The monoisotopic (exact) mass is 241 g/mol. The van der Waals surface area contributed by atoms with Gasteiger partial charge in [-0.2, -0.15) is 0 Å². The van der Waals surface area contributed by atoms with E-state index in [0.29, 0.717) is 12.6 Å². The van der Waals surface area contributed by atoms with Crippen LogP contribution < -0.4 is 5.32 Å². The lowest BCUT2D eigenvalue weighted by molar-refractivity contribution is -0.0252. The Labute approximate surface area is 100 Å². The minimum atomic E-state index is -0.0542. The molecule has 2 atom stereocenters. The summed E-state index contributed by atoms with van der Waals surface area (Å²) in [6, 6.07) is 8.18. The van der Waals surface area contributed by atoms with Crippen LogP contribution in [0.2, 0.25) is 5.02 Å². The Morgan fingerprint density at radius 2 is 2.12 bits per heavy atom. The van der Waals surface area contributed by atoms with Crippen molar-refractivity contribution in [3.63, 3.8) is 0 Å². The van der Waals surface area contributed by atoms with Gasteiger partial charge in [-0.25, -0.2) is 0 Å². The summed E-state index contributed by atoms with van der Waals surface area (Å²) in [6.07, 6.45) is 0.872. The van der Waals surface area contributed by atoms with Crippen LogP contribution in [-0.4, -0.2) is 37.0 Å². The molecule has 1 aromatic carbocycles. The largest absolute Gasteiger partial charge is 0.394 e. The number of hydrogen-bond acceptors (Lipinski definition) is 3. The number of morpholine rings is 1. The van der Waals surface area contributed by atoms with Gasteiger partial charge >= 0.3 is 0 Å². The smallest absolute Gasteiger partial charge is 0.0930 e. The molecule has 1 fully saturated rings. The molecule has 1 aromatic rings. The maximum atomic E-state index is 8.92. The molecule has 0 spiro atoms. The number of halogens is 1. The quantitative estimate of drug-likeness (QED) is 0.837. The Morgan fingerprint density at radius 1 is 1.38 bits per heavy atom. The van der Waals surface area contributed by atoms with Crippen LogP contribution in [0.4, 0.5) is 0 Å². The van der Waals surface area contributed by atoms with Gasteiger partial charge in [-0.3, -0.25) is 0 Å². The summed E-state index contributed by atoms with van der Waals surface area (Å²) in [5.74, 6) is 0. The van der Waals surface area contributed by atoms with Gasteiger partial charge in [0.05, 0.1) is 19.3 Å². The molecule has 0 aromatic heterocycles. The van der Waals surface area contributed by atoms with Gasteiger partial charge in [0.15, 0.2) is 0 Å². The van der Waals surface area contributed by atoms with Crippen LogP contribution in [0.1, 0.15) is 5.56 Å². The minimum Gasteiger partial charge on any atom is -0.394 e. The van der Waals surface area contributed by atoms with E-state index in [0.717, 1.165) is 18.0 Å². The van der Waals surface area contributed by atoms with E-state index in [1.165, 1.54) is 5.56 Å². The van der Waals surface area contributed by atoms with Crippen molar-refractivity contribution in [3.8, 4) is 0 Å². The number of aliphatic hydroxyl groups excluding tert-OH is 1. The van der Waals surface area contributed by atoms with Crippen molar-refractivity contribution < 1.29 is 9.84 Å². The van der Waals surface area contributed by atoms with Crippen molar-refractivity contribution in [1.29, 1.82) is 0 Å². The number of hydrogen-bond donors (Lipinski definition) is 2. The predicted molar refractivity (Wildman–Crippen MR) is 63.8 cm³/mol. The lowest BCUT2D eigenvalue weighted by Gasteiger charge is -2.29. The van der Waals surface area contributed by atoms with Gasteiger partial charge in [0.25, 0.3) is 0 Å². The van der Waals surface area contributed by atoms with E-state index in [1.54, 1.807) is 0 Å². The third-order valence-electron chi connectivity index (χ3n) is 2.77. The molecule has 16 heavy (non-hydrogen) atoms. The summed E-state index contributed by atoms with van der Waals surface area (Å²) in [4.78, 5) is 0. The molecule has 0 amide bonds. The van der Waals surface area contributed by atoms with Crippen LogP contribution in [0.15, 0.2) is 24.3 Å². The lowest BCUT2D eigenvalue weighted by atomic mass is 10.1. The van der Waals surface area contributed by atoms with E-state index in [-0.39, 0.29) is 12.7 Å². The molecule has 88 valence electrons. The first-order valence-electron chi connectivity index (χ1n) is 5.48. The molecule has 0 aliphatic carbocycles. The standard InChI is InChI=1S/C12H16ClNO2/c13-10-3-1-9(2-4-10)5-11-8-16-12(7-15)6-14-11/h1-4,11-12,14-15H,5-8H2/t11-,12+/m0/s1. The molecule has 4 heteroatoms. The Hall–Kier alpha value is -0.610. The zero-order valence-electron chi connectivity index (χ0n) is 9.03. The fourth-order valence-corrected chi connectivity index (χ4v) is 1.95. The van der Waals surface area contributed by atoms with Crippen LogP contribution in [-0.2, 0) is 11.2 Å². The van der Waals surface area contributed by atoms with Crippen molar-refractivity contribution in [3.05, 3.63) is 34.9 Å². The maximum absolute atomic E-state index is 8.92. The molecule has 1 aliphatic heterocycles. The highest BCUT2D eigenvalue weighted by Gasteiger charge is 2.20. The van der Waals surface area contributed by atoms with Gasteiger partial charge in [0, 0.05) is 17.6 Å². The fraction of sp³-hybridized carbons (Fsp3) is 0.500. The minimum absolute atomic E-state index is 0.0542. The first-order valence-corrected chi connectivity index (χ1v) is 5.86. The number of aliphatic hydroxyl groups is 1. The molecule has 0 unspecified atom stereocenters. The average Bonchev–Trinajstić information content (AvgIpc) is 2.33. The molecule has 1 heterocycles.